The summed E-state index contributed by atoms with van der Waals surface area (Å²) in [6.07, 6.45) is 9.10. The molecular formula is C21H33N7O. The summed E-state index contributed by atoms with van der Waals surface area (Å²) in [4.78, 5) is 11.5. The highest BCUT2D eigenvalue weighted by Crippen LogP contribution is 2.19. The van der Waals surface area contributed by atoms with Gasteiger partial charge in [-0.25, -0.2) is 9.98 Å². The van der Waals surface area contributed by atoms with Crippen LogP contribution in [0.1, 0.15) is 38.7 Å². The van der Waals surface area contributed by atoms with Crippen LogP contribution >= 0.6 is 0 Å². The second kappa shape index (κ2) is 10.7. The van der Waals surface area contributed by atoms with E-state index in [0.29, 0.717) is 25.1 Å². The number of nitrogens with one attached hydrogen (secondary N) is 2. The van der Waals surface area contributed by atoms with E-state index in [1.54, 1.807) is 0 Å². The second-order valence-corrected chi connectivity index (χ2v) is 7.35. The molecule has 1 aliphatic heterocycles. The molecule has 8 nitrogen and oxygen atoms in total. The predicted molar refractivity (Wildman–Crippen MR) is 116 cm³/mol. The van der Waals surface area contributed by atoms with Gasteiger partial charge in [-0.15, -0.1) is 0 Å². The molecule has 3 rings (SSSR count). The average Bonchev–Trinajstić information content (AvgIpc) is 3.18. The van der Waals surface area contributed by atoms with Crippen LogP contribution in [-0.4, -0.2) is 53.0 Å². The Bertz CT molecular complexity index is 772. The molecule has 158 valence electrons. The highest BCUT2D eigenvalue weighted by molar-refractivity contribution is 5.80. The Morgan fingerprint density at radius 2 is 2.21 bits per heavy atom. The molecular weight excluding hydrogens is 366 g/mol. The molecule has 0 aromatic carbocycles. The van der Waals surface area contributed by atoms with Gasteiger partial charge in [0.15, 0.2) is 5.96 Å². The lowest BCUT2D eigenvalue weighted by Crippen LogP contribution is -2.51. The van der Waals surface area contributed by atoms with E-state index in [2.05, 4.69) is 45.7 Å². The Labute approximate surface area is 173 Å². The molecule has 0 saturated carbocycles. The first-order valence-corrected chi connectivity index (χ1v) is 10.5. The van der Waals surface area contributed by atoms with E-state index >= 15 is 0 Å². The van der Waals surface area contributed by atoms with Crippen molar-refractivity contribution in [2.24, 2.45) is 12.0 Å². The van der Waals surface area contributed by atoms with Gasteiger partial charge < -0.3 is 20.3 Å². The fourth-order valence-electron chi connectivity index (χ4n) is 3.38. The summed E-state index contributed by atoms with van der Waals surface area (Å²) in [6.45, 7) is 8.28. The highest BCUT2D eigenvalue weighted by atomic mass is 16.5. The lowest BCUT2D eigenvalue weighted by atomic mass is 10.1. The Hall–Kier alpha value is -2.77. The summed E-state index contributed by atoms with van der Waals surface area (Å²) in [5, 5.41) is 11.3. The Morgan fingerprint density at radius 1 is 1.31 bits per heavy atom. The summed E-state index contributed by atoms with van der Waals surface area (Å²) in [5.74, 6) is 1.51. The molecule has 2 aromatic rings. The van der Waals surface area contributed by atoms with Gasteiger partial charge in [-0.05, 0) is 31.7 Å². The zero-order valence-electron chi connectivity index (χ0n) is 17.8. The van der Waals surface area contributed by atoms with Crippen molar-refractivity contribution in [3.05, 3.63) is 36.3 Å². The summed E-state index contributed by atoms with van der Waals surface area (Å²) in [5.41, 5.74) is 2.24. The number of hydrogen-bond donors (Lipinski definition) is 2. The van der Waals surface area contributed by atoms with Gasteiger partial charge in [0.2, 0.25) is 5.88 Å². The third-order valence-corrected chi connectivity index (χ3v) is 4.83. The standard InChI is InChI=1S/C21H33N7O/c1-4-11-29-20-9-8-17(12-23-20)13-24-21(22-5-2)26-18-7-6-10-28(15-18)19-14-25-27(3)16-19/h8-9,12,14,16,18H,4-7,10-11,13,15H2,1-3H3,(H2,22,24,26). The van der Waals surface area contributed by atoms with Crippen molar-refractivity contribution in [3.63, 3.8) is 0 Å². The first-order chi connectivity index (χ1) is 14.2. The molecule has 0 radical (unpaired) electrons. The van der Waals surface area contributed by atoms with Gasteiger partial charge in [0, 0.05) is 51.2 Å². The maximum absolute atomic E-state index is 5.54. The predicted octanol–water partition coefficient (Wildman–Crippen LogP) is 2.33. The topological polar surface area (TPSA) is 79.6 Å². The van der Waals surface area contributed by atoms with Gasteiger partial charge >= 0.3 is 0 Å². The number of anilines is 1. The molecule has 0 aliphatic carbocycles. The van der Waals surface area contributed by atoms with Crippen LogP contribution in [0.3, 0.4) is 0 Å². The summed E-state index contributed by atoms with van der Waals surface area (Å²) in [7, 11) is 1.95. The molecule has 1 aliphatic rings. The lowest BCUT2D eigenvalue weighted by molar-refractivity contribution is 0.305. The van der Waals surface area contributed by atoms with E-state index in [4.69, 9.17) is 9.73 Å². The monoisotopic (exact) mass is 399 g/mol. The molecule has 2 N–H and O–H groups in total. The molecule has 8 heteroatoms. The SMILES string of the molecule is CCCOc1ccc(CN=C(NCC)NC2CCCN(c3cnn(C)c3)C2)cn1. The minimum absolute atomic E-state index is 0.352. The van der Waals surface area contributed by atoms with Crippen LogP contribution in [0.5, 0.6) is 5.88 Å². The molecule has 1 unspecified atom stereocenters. The third-order valence-electron chi connectivity index (χ3n) is 4.83. The number of aliphatic imine (C=N–C) groups is 1. The number of hydrogen-bond acceptors (Lipinski definition) is 5. The minimum Gasteiger partial charge on any atom is -0.478 e. The minimum atomic E-state index is 0.352. The van der Waals surface area contributed by atoms with Crippen molar-refractivity contribution in [1.82, 2.24) is 25.4 Å². The van der Waals surface area contributed by atoms with Crippen LogP contribution in [0.25, 0.3) is 0 Å². The van der Waals surface area contributed by atoms with Crippen LogP contribution in [0.15, 0.2) is 35.7 Å². The van der Waals surface area contributed by atoms with Gasteiger partial charge in [-0.3, -0.25) is 4.68 Å². The zero-order valence-corrected chi connectivity index (χ0v) is 17.8. The van der Waals surface area contributed by atoms with Gasteiger partial charge in [-0.1, -0.05) is 13.0 Å². The summed E-state index contributed by atoms with van der Waals surface area (Å²) in [6, 6.07) is 4.29. The van der Waals surface area contributed by atoms with E-state index in [-0.39, 0.29) is 0 Å². The van der Waals surface area contributed by atoms with Crippen molar-refractivity contribution >= 4 is 11.6 Å². The number of aromatic nitrogens is 3. The molecule has 2 aromatic heterocycles. The van der Waals surface area contributed by atoms with Crippen molar-refractivity contribution in [2.75, 3.05) is 31.1 Å². The Morgan fingerprint density at radius 3 is 2.90 bits per heavy atom. The fourth-order valence-corrected chi connectivity index (χ4v) is 3.38. The normalized spacial score (nSPS) is 17.3. The first-order valence-electron chi connectivity index (χ1n) is 10.5. The first kappa shape index (κ1) is 21.0. The van der Waals surface area contributed by atoms with E-state index in [9.17, 15) is 0 Å². The largest absolute Gasteiger partial charge is 0.478 e. The summed E-state index contributed by atoms with van der Waals surface area (Å²) < 4.78 is 7.39. The van der Waals surface area contributed by atoms with Crippen molar-refractivity contribution in [3.8, 4) is 5.88 Å². The van der Waals surface area contributed by atoms with Crippen LogP contribution in [0, 0.1) is 0 Å². The summed E-state index contributed by atoms with van der Waals surface area (Å²) >= 11 is 0. The van der Waals surface area contributed by atoms with Crippen molar-refractivity contribution in [1.29, 1.82) is 0 Å². The van der Waals surface area contributed by atoms with Crippen LogP contribution < -0.4 is 20.3 Å². The Balaban J connectivity index is 1.57. The van der Waals surface area contributed by atoms with Gasteiger partial charge in [0.1, 0.15) is 0 Å². The number of aryl methyl sites for hydroxylation is 1. The van der Waals surface area contributed by atoms with Crippen LogP contribution in [0.2, 0.25) is 0 Å². The number of ether oxygens (including phenoxy) is 1. The third kappa shape index (κ3) is 6.37. The smallest absolute Gasteiger partial charge is 0.213 e. The second-order valence-electron chi connectivity index (χ2n) is 7.35. The van der Waals surface area contributed by atoms with Gasteiger partial charge in [0.25, 0.3) is 0 Å². The quantitative estimate of drug-likeness (QED) is 0.524. The van der Waals surface area contributed by atoms with Crippen LogP contribution in [-0.2, 0) is 13.6 Å². The number of guanidine groups is 1. The maximum atomic E-state index is 5.54. The zero-order chi connectivity index (χ0) is 20.5. The van der Waals surface area contributed by atoms with E-state index in [1.165, 1.54) is 5.69 Å². The van der Waals surface area contributed by atoms with Crippen LogP contribution in [0.4, 0.5) is 5.69 Å². The van der Waals surface area contributed by atoms with Gasteiger partial charge in [0.05, 0.1) is 25.0 Å². The highest BCUT2D eigenvalue weighted by Gasteiger charge is 2.21. The van der Waals surface area contributed by atoms with Crippen molar-refractivity contribution in [2.45, 2.75) is 45.7 Å². The van der Waals surface area contributed by atoms with E-state index in [1.807, 2.05) is 36.3 Å². The number of pyridine rings is 1. The Kier molecular flexibility index (Phi) is 7.72. The molecule has 1 atom stereocenters. The van der Waals surface area contributed by atoms with E-state index in [0.717, 1.165) is 50.4 Å². The molecule has 0 amide bonds. The maximum Gasteiger partial charge on any atom is 0.213 e. The molecule has 0 spiro atoms. The number of rotatable bonds is 8. The lowest BCUT2D eigenvalue weighted by Gasteiger charge is -2.34. The fraction of sp³-hybridized carbons (Fsp3) is 0.571. The number of piperidine rings is 1. The van der Waals surface area contributed by atoms with Gasteiger partial charge in [-0.2, -0.15) is 5.10 Å². The molecule has 3 heterocycles. The average molecular weight is 400 g/mol. The molecule has 1 saturated heterocycles. The van der Waals surface area contributed by atoms with Crippen molar-refractivity contribution < 1.29 is 4.74 Å². The number of nitrogens with zero attached hydrogens (tertiary/aromatic N) is 5. The van der Waals surface area contributed by atoms with E-state index < -0.39 is 0 Å². The molecule has 29 heavy (non-hydrogen) atoms. The molecule has 1 fully saturated rings. The molecule has 0 bridgehead atoms.